The summed E-state index contributed by atoms with van der Waals surface area (Å²) in [4.78, 5) is 37.3. The van der Waals surface area contributed by atoms with Crippen LogP contribution in [0.3, 0.4) is 0 Å². The fraction of sp³-hybridized carbons (Fsp3) is 0.233. The van der Waals surface area contributed by atoms with Crippen LogP contribution in [-0.2, 0) is 14.3 Å². The number of hydrogen-bond acceptors (Lipinski definition) is 9. The third-order valence-electron chi connectivity index (χ3n) is 6.25. The van der Waals surface area contributed by atoms with Gasteiger partial charge in [0.25, 0.3) is 5.91 Å². The Kier molecular flexibility index (Phi) is 9.57. The van der Waals surface area contributed by atoms with Gasteiger partial charge in [-0.2, -0.15) is 10.4 Å². The molecule has 0 spiro atoms. The molecule has 1 aliphatic heterocycles. The lowest BCUT2D eigenvalue weighted by Gasteiger charge is -2.28. The average Bonchev–Trinajstić information content (AvgIpc) is 2.99. The molecule has 4 rings (SSSR count). The number of carbonyl (C=O) groups excluding carboxylic acids is 3. The van der Waals surface area contributed by atoms with E-state index in [4.69, 9.17) is 24.2 Å². The molecule has 1 aliphatic rings. The fourth-order valence-corrected chi connectivity index (χ4v) is 4.40. The van der Waals surface area contributed by atoms with Crippen LogP contribution in [0.1, 0.15) is 31.0 Å². The zero-order chi connectivity index (χ0) is 30.1. The Morgan fingerprint density at radius 3 is 2.64 bits per heavy atom. The lowest BCUT2D eigenvalue weighted by atomic mass is 9.95. The predicted octanol–water partition coefficient (Wildman–Crippen LogP) is 3.47. The maximum atomic E-state index is 12.6. The highest BCUT2D eigenvalue weighted by atomic mass is 16.5. The van der Waals surface area contributed by atoms with E-state index in [1.165, 1.54) is 13.3 Å². The highest BCUT2D eigenvalue weighted by molar-refractivity contribution is 6.02. The number of carbonyl (C=O) groups is 3. The van der Waals surface area contributed by atoms with Crippen molar-refractivity contribution in [3.63, 3.8) is 0 Å². The Balaban J connectivity index is 1.46. The van der Waals surface area contributed by atoms with Crippen LogP contribution in [0.4, 0.5) is 4.79 Å². The molecule has 3 N–H and O–H groups in total. The van der Waals surface area contributed by atoms with Gasteiger partial charge in [-0.1, -0.05) is 36.4 Å². The van der Waals surface area contributed by atoms with E-state index in [-0.39, 0.29) is 36.9 Å². The van der Waals surface area contributed by atoms with Gasteiger partial charge in [0.15, 0.2) is 24.7 Å². The molecule has 0 bridgehead atoms. The van der Waals surface area contributed by atoms with Gasteiger partial charge >= 0.3 is 12.0 Å². The topological polar surface area (TPSA) is 160 Å². The van der Waals surface area contributed by atoms with Gasteiger partial charge in [0.05, 0.1) is 31.5 Å². The molecule has 0 saturated heterocycles. The van der Waals surface area contributed by atoms with Crippen LogP contribution in [0, 0.1) is 11.3 Å². The molecule has 0 unspecified atom stereocenters. The molecular formula is C30H29N5O7. The Labute approximate surface area is 241 Å². The first kappa shape index (κ1) is 29.4. The molecule has 216 valence electrons. The minimum absolute atomic E-state index is 0.135. The van der Waals surface area contributed by atoms with Crippen LogP contribution in [0.25, 0.3) is 10.8 Å². The molecule has 12 heteroatoms. The summed E-state index contributed by atoms with van der Waals surface area (Å²) in [5, 5.41) is 20.0. The van der Waals surface area contributed by atoms with Crippen molar-refractivity contribution in [2.24, 2.45) is 5.10 Å². The number of nitriles is 1. The molecule has 3 aromatic rings. The van der Waals surface area contributed by atoms with Crippen LogP contribution < -0.4 is 30.3 Å². The lowest BCUT2D eigenvalue weighted by molar-refractivity contribution is -0.139. The minimum atomic E-state index is -0.783. The summed E-state index contributed by atoms with van der Waals surface area (Å²) in [5.41, 5.74) is 4.22. The Morgan fingerprint density at radius 1 is 1.10 bits per heavy atom. The van der Waals surface area contributed by atoms with Gasteiger partial charge in [-0.25, -0.2) is 15.0 Å². The maximum absolute atomic E-state index is 12.6. The van der Waals surface area contributed by atoms with Gasteiger partial charge < -0.3 is 29.6 Å². The number of nitrogens with zero attached hydrogens (tertiary/aromatic N) is 2. The largest absolute Gasteiger partial charge is 0.493 e. The zero-order valence-corrected chi connectivity index (χ0v) is 23.2. The van der Waals surface area contributed by atoms with Crippen molar-refractivity contribution in [2.75, 3.05) is 26.9 Å². The van der Waals surface area contributed by atoms with E-state index in [0.717, 1.165) is 10.8 Å². The molecule has 0 aliphatic carbocycles. The number of nitrogens with one attached hydrogen (secondary N) is 3. The highest BCUT2D eigenvalue weighted by Gasteiger charge is 2.32. The summed E-state index contributed by atoms with van der Waals surface area (Å²) < 4.78 is 21.8. The molecule has 42 heavy (non-hydrogen) atoms. The first-order chi connectivity index (χ1) is 20.4. The van der Waals surface area contributed by atoms with Gasteiger partial charge in [-0.05, 0) is 48.4 Å². The van der Waals surface area contributed by atoms with E-state index in [2.05, 4.69) is 21.2 Å². The minimum Gasteiger partial charge on any atom is -0.493 e. The molecule has 0 aromatic heterocycles. The number of fused-ring (bicyclic) bond motifs is 1. The number of allylic oxidation sites excluding steroid dienone is 1. The molecule has 0 fully saturated rings. The molecular weight excluding hydrogens is 542 g/mol. The molecule has 0 saturated carbocycles. The number of methoxy groups -OCH3 is 1. The zero-order valence-electron chi connectivity index (χ0n) is 23.2. The number of benzene rings is 3. The van der Waals surface area contributed by atoms with Crippen molar-refractivity contribution in [2.45, 2.75) is 19.9 Å². The van der Waals surface area contributed by atoms with Gasteiger partial charge in [0, 0.05) is 11.3 Å². The van der Waals surface area contributed by atoms with E-state index in [9.17, 15) is 14.4 Å². The second-order valence-corrected chi connectivity index (χ2v) is 8.93. The summed E-state index contributed by atoms with van der Waals surface area (Å²) in [6.07, 6.45) is 1.45. The number of esters is 1. The van der Waals surface area contributed by atoms with Crippen LogP contribution in [-0.4, -0.2) is 51.1 Å². The smallest absolute Gasteiger partial charge is 0.338 e. The molecule has 1 atom stereocenters. The average molecular weight is 572 g/mol. The predicted molar refractivity (Wildman–Crippen MR) is 153 cm³/mol. The first-order valence-corrected chi connectivity index (χ1v) is 13.0. The number of hydrazone groups is 1. The second kappa shape index (κ2) is 13.7. The van der Waals surface area contributed by atoms with Crippen molar-refractivity contribution in [3.05, 3.63) is 77.0 Å². The fourth-order valence-electron chi connectivity index (χ4n) is 4.40. The Hall–Kier alpha value is -5.57. The van der Waals surface area contributed by atoms with Crippen LogP contribution in [0.2, 0.25) is 0 Å². The van der Waals surface area contributed by atoms with Gasteiger partial charge in [-0.3, -0.25) is 4.79 Å². The van der Waals surface area contributed by atoms with Crippen molar-refractivity contribution in [3.8, 4) is 23.3 Å². The highest BCUT2D eigenvalue weighted by Crippen LogP contribution is 2.34. The number of hydrogen-bond donors (Lipinski definition) is 3. The molecule has 3 amide bonds. The standard InChI is InChI=1S/C30H29N5O7/c1-4-40-29(37)27-18(2)33-30(38)34-28(27)20-10-12-24(25(15-20)39-3)42-17-26(36)35-32-16-22-21-8-6-5-7-19(21)9-11-23(22)41-14-13-31/h5-12,15-16,28H,4,14,17H2,1-3H3,(H,35,36)(H2,33,34,38)/b32-16+/t28-/m1/s1. The van der Waals surface area contributed by atoms with Crippen molar-refractivity contribution < 1.29 is 33.3 Å². The number of ether oxygens (including phenoxy) is 4. The van der Waals surface area contributed by atoms with Gasteiger partial charge in [0.1, 0.15) is 11.8 Å². The monoisotopic (exact) mass is 571 g/mol. The Bertz CT molecular complexity index is 1610. The van der Waals surface area contributed by atoms with E-state index in [1.807, 2.05) is 36.4 Å². The Morgan fingerprint density at radius 2 is 1.88 bits per heavy atom. The van der Waals surface area contributed by atoms with Crippen LogP contribution in [0.5, 0.6) is 17.2 Å². The third-order valence-corrected chi connectivity index (χ3v) is 6.25. The summed E-state index contributed by atoms with van der Waals surface area (Å²) in [6.45, 7) is 2.98. The summed E-state index contributed by atoms with van der Waals surface area (Å²) >= 11 is 0. The van der Waals surface area contributed by atoms with Crippen molar-refractivity contribution >= 4 is 34.9 Å². The normalized spacial score (nSPS) is 14.5. The van der Waals surface area contributed by atoms with Gasteiger partial charge in [0.2, 0.25) is 0 Å². The molecule has 0 radical (unpaired) electrons. The summed E-state index contributed by atoms with van der Waals surface area (Å²) in [5.74, 6) is -0.0923. The van der Waals surface area contributed by atoms with E-state index in [0.29, 0.717) is 22.6 Å². The summed E-state index contributed by atoms with van der Waals surface area (Å²) in [7, 11) is 1.43. The van der Waals surface area contributed by atoms with E-state index < -0.39 is 23.9 Å². The third kappa shape index (κ3) is 6.76. The maximum Gasteiger partial charge on any atom is 0.338 e. The van der Waals surface area contributed by atoms with Crippen molar-refractivity contribution in [1.29, 1.82) is 5.26 Å². The molecule has 1 heterocycles. The SMILES string of the molecule is CCOC(=O)C1=C(C)NC(=O)N[C@@H]1c1ccc(OCC(=O)N/N=C/c2c(OCC#N)ccc3ccccc23)c(OC)c1. The van der Waals surface area contributed by atoms with Crippen LogP contribution in [0.15, 0.2) is 71.0 Å². The summed E-state index contributed by atoms with van der Waals surface area (Å²) in [6, 6.07) is 16.7. The second-order valence-electron chi connectivity index (χ2n) is 8.93. The number of amides is 3. The van der Waals surface area contributed by atoms with E-state index in [1.54, 1.807) is 38.1 Å². The van der Waals surface area contributed by atoms with Crippen molar-refractivity contribution in [1.82, 2.24) is 16.1 Å². The number of rotatable bonds is 11. The number of urea groups is 1. The lowest BCUT2D eigenvalue weighted by Crippen LogP contribution is -2.45. The van der Waals surface area contributed by atoms with Gasteiger partial charge in [-0.15, -0.1) is 0 Å². The quantitative estimate of drug-likeness (QED) is 0.179. The molecule has 3 aromatic carbocycles. The van der Waals surface area contributed by atoms with E-state index >= 15 is 0 Å². The first-order valence-electron chi connectivity index (χ1n) is 13.0. The van der Waals surface area contributed by atoms with Crippen LogP contribution >= 0.6 is 0 Å². The molecule has 12 nitrogen and oxygen atoms in total.